The number of carbonyl (C=O) groups excluding carboxylic acids is 1. The van der Waals surface area contributed by atoms with E-state index in [9.17, 15) is 13.2 Å². The maximum Gasteiger partial charge on any atom is 0.279 e. The molecule has 0 atom stereocenters. The highest BCUT2D eigenvalue weighted by atomic mass is 32.2. The first-order valence-electron chi connectivity index (χ1n) is 6.16. The fourth-order valence-corrected chi connectivity index (χ4v) is 2.79. The Morgan fingerprint density at radius 3 is 2.52 bits per heavy atom. The van der Waals surface area contributed by atoms with Gasteiger partial charge in [-0.2, -0.15) is 8.42 Å². The zero-order valence-electron chi connectivity index (χ0n) is 11.9. The van der Waals surface area contributed by atoms with Crippen molar-refractivity contribution in [1.29, 1.82) is 0 Å². The smallest absolute Gasteiger partial charge is 0.279 e. The zero-order chi connectivity index (χ0) is 15.6. The van der Waals surface area contributed by atoms with Crippen LogP contribution in [0.25, 0.3) is 0 Å². The Morgan fingerprint density at radius 1 is 1.29 bits per heavy atom. The van der Waals surface area contributed by atoms with Gasteiger partial charge in [-0.15, -0.1) is 0 Å². The summed E-state index contributed by atoms with van der Waals surface area (Å²) in [5.74, 6) is 0.210. The predicted octanol–water partition coefficient (Wildman–Crippen LogP) is 1.22. The van der Waals surface area contributed by atoms with Gasteiger partial charge in [0.1, 0.15) is 5.82 Å². The highest BCUT2D eigenvalue weighted by molar-refractivity contribution is 7.92. The van der Waals surface area contributed by atoms with Gasteiger partial charge in [0.05, 0.1) is 17.4 Å². The molecule has 112 valence electrons. The lowest BCUT2D eigenvalue weighted by Crippen LogP contribution is -2.24. The Labute approximate surface area is 123 Å². The van der Waals surface area contributed by atoms with Gasteiger partial charge in [-0.1, -0.05) is 12.1 Å². The molecular weight excluding hydrogens is 292 g/mol. The average Bonchev–Trinajstić information content (AvgIpc) is 2.85. The van der Waals surface area contributed by atoms with Gasteiger partial charge in [0.15, 0.2) is 5.03 Å². The van der Waals surface area contributed by atoms with Crippen LogP contribution in [-0.2, 0) is 10.0 Å². The maximum absolute atomic E-state index is 12.3. The largest absolute Gasteiger partial charge is 0.345 e. The molecule has 0 unspecified atom stereocenters. The molecule has 0 spiro atoms. The summed E-state index contributed by atoms with van der Waals surface area (Å²) in [5, 5.41) is -0.0490. The van der Waals surface area contributed by atoms with Gasteiger partial charge in [0, 0.05) is 14.1 Å². The van der Waals surface area contributed by atoms with Crippen molar-refractivity contribution in [2.45, 2.75) is 11.9 Å². The van der Waals surface area contributed by atoms with Gasteiger partial charge in [0.25, 0.3) is 15.9 Å². The number of sulfonamides is 1. The average molecular weight is 308 g/mol. The second-order valence-corrected chi connectivity index (χ2v) is 6.33. The third kappa shape index (κ3) is 3.22. The molecular formula is C13H16N4O3S. The van der Waals surface area contributed by atoms with Crippen LogP contribution < -0.4 is 4.72 Å². The van der Waals surface area contributed by atoms with Crippen molar-refractivity contribution in [3.63, 3.8) is 0 Å². The second kappa shape index (κ2) is 5.57. The molecule has 8 heteroatoms. The quantitative estimate of drug-likeness (QED) is 0.888. The molecule has 0 aliphatic carbocycles. The number of H-pyrrole nitrogens is 1. The van der Waals surface area contributed by atoms with E-state index in [0.29, 0.717) is 5.82 Å². The van der Waals surface area contributed by atoms with Crippen molar-refractivity contribution >= 4 is 21.6 Å². The van der Waals surface area contributed by atoms with Crippen LogP contribution in [0.3, 0.4) is 0 Å². The first-order chi connectivity index (χ1) is 9.81. The number of anilines is 1. The molecule has 0 radical (unpaired) electrons. The molecule has 0 bridgehead atoms. The Morgan fingerprint density at radius 2 is 1.95 bits per heavy atom. The molecule has 2 aromatic rings. The van der Waals surface area contributed by atoms with Crippen LogP contribution in [0.5, 0.6) is 0 Å². The number of para-hydroxylation sites is 1. The third-order valence-electron chi connectivity index (χ3n) is 2.78. The standard InChI is InChI=1S/C13H16N4O3S/c1-9-14-8-12(15-9)21(19,20)16-11-7-5-4-6-10(11)13(18)17(2)3/h4-8,16H,1-3H3,(H,14,15). The Kier molecular flexibility index (Phi) is 3.99. The fraction of sp³-hybridized carbons (Fsp3) is 0.231. The van der Waals surface area contributed by atoms with Gasteiger partial charge in [-0.05, 0) is 19.1 Å². The summed E-state index contributed by atoms with van der Waals surface area (Å²) in [7, 11) is -0.607. The Hall–Kier alpha value is -2.35. The first-order valence-corrected chi connectivity index (χ1v) is 7.64. The minimum atomic E-state index is -3.81. The van der Waals surface area contributed by atoms with Gasteiger partial charge >= 0.3 is 0 Å². The number of benzene rings is 1. The van der Waals surface area contributed by atoms with E-state index >= 15 is 0 Å². The van der Waals surface area contributed by atoms with E-state index in [2.05, 4.69) is 14.7 Å². The van der Waals surface area contributed by atoms with Crippen molar-refractivity contribution in [2.24, 2.45) is 0 Å². The summed E-state index contributed by atoms with van der Waals surface area (Å²) in [5.41, 5.74) is 0.505. The first kappa shape index (κ1) is 15.0. The number of rotatable bonds is 4. The Balaban J connectivity index is 2.38. The van der Waals surface area contributed by atoms with Gasteiger partial charge < -0.3 is 9.88 Å². The summed E-state index contributed by atoms with van der Waals surface area (Å²) in [6.07, 6.45) is 1.23. The van der Waals surface area contributed by atoms with Crippen LogP contribution in [0.2, 0.25) is 0 Å². The fourth-order valence-electron chi connectivity index (χ4n) is 1.73. The molecule has 7 nitrogen and oxygen atoms in total. The van der Waals surface area contributed by atoms with Crippen LogP contribution in [0, 0.1) is 6.92 Å². The molecule has 1 heterocycles. The van der Waals surface area contributed by atoms with Crippen molar-refractivity contribution in [3.8, 4) is 0 Å². The molecule has 0 saturated heterocycles. The normalized spacial score (nSPS) is 11.2. The molecule has 0 aliphatic heterocycles. The molecule has 1 aromatic carbocycles. The van der Waals surface area contributed by atoms with Crippen LogP contribution in [-0.4, -0.2) is 43.3 Å². The van der Waals surface area contributed by atoms with Crippen LogP contribution >= 0.6 is 0 Å². The van der Waals surface area contributed by atoms with E-state index in [1.54, 1.807) is 39.2 Å². The maximum atomic E-state index is 12.3. The molecule has 2 N–H and O–H groups in total. The Bertz CT molecular complexity index is 765. The van der Waals surface area contributed by atoms with Crippen molar-refractivity contribution in [2.75, 3.05) is 18.8 Å². The number of nitrogens with one attached hydrogen (secondary N) is 2. The summed E-state index contributed by atoms with van der Waals surface area (Å²) in [4.78, 5) is 20.0. The number of amides is 1. The minimum Gasteiger partial charge on any atom is -0.345 e. The number of nitrogens with zero attached hydrogens (tertiary/aromatic N) is 2. The molecule has 2 rings (SSSR count). The molecule has 0 fully saturated rings. The van der Waals surface area contributed by atoms with E-state index in [1.807, 2.05) is 0 Å². The van der Waals surface area contributed by atoms with E-state index < -0.39 is 10.0 Å². The van der Waals surface area contributed by atoms with Crippen LogP contribution in [0.15, 0.2) is 35.5 Å². The topological polar surface area (TPSA) is 95.2 Å². The third-order valence-corrected chi connectivity index (χ3v) is 4.05. The van der Waals surface area contributed by atoms with E-state index in [-0.39, 0.29) is 22.2 Å². The van der Waals surface area contributed by atoms with Crippen LogP contribution in [0.4, 0.5) is 5.69 Å². The van der Waals surface area contributed by atoms with Gasteiger partial charge in [-0.3, -0.25) is 9.52 Å². The summed E-state index contributed by atoms with van der Waals surface area (Å²) in [6, 6.07) is 6.44. The zero-order valence-corrected chi connectivity index (χ0v) is 12.7. The minimum absolute atomic E-state index is 0.0490. The molecule has 0 aliphatic rings. The lowest BCUT2D eigenvalue weighted by Gasteiger charge is -2.14. The number of aromatic nitrogens is 2. The second-order valence-electron chi connectivity index (χ2n) is 4.68. The number of hydrogen-bond donors (Lipinski definition) is 2. The number of carbonyl (C=O) groups is 1. The molecule has 1 aromatic heterocycles. The lowest BCUT2D eigenvalue weighted by molar-refractivity contribution is 0.0828. The van der Waals surface area contributed by atoms with Gasteiger partial charge in [-0.25, -0.2) is 4.98 Å². The van der Waals surface area contributed by atoms with E-state index in [4.69, 9.17) is 0 Å². The van der Waals surface area contributed by atoms with E-state index in [1.165, 1.54) is 17.2 Å². The van der Waals surface area contributed by atoms with Crippen molar-refractivity contribution in [1.82, 2.24) is 14.9 Å². The monoisotopic (exact) mass is 308 g/mol. The number of hydrogen-bond acceptors (Lipinski definition) is 4. The number of aromatic amines is 1. The van der Waals surface area contributed by atoms with Gasteiger partial charge in [0.2, 0.25) is 0 Å². The predicted molar refractivity (Wildman–Crippen MR) is 78.6 cm³/mol. The van der Waals surface area contributed by atoms with Crippen molar-refractivity contribution in [3.05, 3.63) is 41.9 Å². The highest BCUT2D eigenvalue weighted by Gasteiger charge is 2.20. The van der Waals surface area contributed by atoms with Crippen LogP contribution in [0.1, 0.15) is 16.2 Å². The lowest BCUT2D eigenvalue weighted by atomic mass is 10.1. The number of aryl methyl sites for hydroxylation is 1. The molecule has 0 saturated carbocycles. The molecule has 21 heavy (non-hydrogen) atoms. The number of imidazole rings is 1. The molecule has 1 amide bonds. The summed E-state index contributed by atoms with van der Waals surface area (Å²) < 4.78 is 26.9. The van der Waals surface area contributed by atoms with E-state index in [0.717, 1.165) is 0 Å². The summed E-state index contributed by atoms with van der Waals surface area (Å²) in [6.45, 7) is 1.66. The highest BCUT2D eigenvalue weighted by Crippen LogP contribution is 2.20. The SMILES string of the molecule is Cc1ncc(S(=O)(=O)Nc2ccccc2C(=O)N(C)C)[nH]1. The van der Waals surface area contributed by atoms with Crippen molar-refractivity contribution < 1.29 is 13.2 Å². The summed E-state index contributed by atoms with van der Waals surface area (Å²) >= 11 is 0.